The van der Waals surface area contributed by atoms with Gasteiger partial charge in [-0.15, -0.1) is 0 Å². The van der Waals surface area contributed by atoms with Crippen LogP contribution in [0.15, 0.2) is 0 Å². The molecule has 40 atom stereocenters. The number of hydrogen-bond acceptors (Lipinski definition) is 41. The molecule has 101 heavy (non-hydrogen) atoms. The molecule has 8 fully saturated rings. The Bertz CT molecular complexity index is 2640. The van der Waals surface area contributed by atoms with Crippen molar-refractivity contribution in [2.75, 3.05) is 52.9 Å². The van der Waals surface area contributed by atoms with Crippen molar-refractivity contribution in [3.8, 4) is 0 Å². The minimum absolute atomic E-state index is 0.859. The summed E-state index contributed by atoms with van der Waals surface area (Å²) in [7, 11) is 0. The van der Waals surface area contributed by atoms with Crippen molar-refractivity contribution in [2.24, 2.45) is 0 Å². The highest BCUT2D eigenvalue weighted by atomic mass is 16.8. The zero-order valence-electron chi connectivity index (χ0n) is 54.3. The van der Waals surface area contributed by atoms with Crippen LogP contribution in [-0.2, 0) is 90.2 Å². The van der Waals surface area contributed by atoms with E-state index in [0.717, 1.165) is 27.7 Å². The Hall–Kier alpha value is -3.60. The molecule has 8 aliphatic rings. The fourth-order valence-electron chi connectivity index (χ4n) is 13.0. The second-order valence-electron chi connectivity index (χ2n) is 25.4. The second kappa shape index (κ2) is 36.3. The van der Waals surface area contributed by atoms with Crippen molar-refractivity contribution in [3.05, 3.63) is 0 Å². The highest BCUT2D eigenvalue weighted by molar-refractivity contribution is 5.74. The van der Waals surface area contributed by atoms with Crippen molar-refractivity contribution in [1.82, 2.24) is 21.3 Å². The lowest BCUT2D eigenvalue weighted by Crippen LogP contribution is -2.70. The van der Waals surface area contributed by atoms with E-state index in [2.05, 4.69) is 21.3 Å². The SMILES string of the molecule is CC(=O)N[C@@H]1[C@@H](O[C@@H]2O[C@H](CO)[C@H](O)[C@H](O[C@@H]3O[C@H](CO)[C@@H](O)[C@H](O[C@@H]4O[C@H](CO)[C@H](O)[C@H](O)[C@H]4O)[C@H]3NC(C)=O)[C@H]2O)[C@@H](O)[C@@H](CO[C@@H]2O[C@H](CO)[C@@H](O[C@@H]3O[C@H](CO)[C@H](O)[C@H](O[C@@H]4O[C@H](CO)[C@@H](O[C@@H]5O[C@H](CO)[C@H](O)[C@H](O)[C@H]5O)[C@H](O)[C@H]4NC(C)=O)[C@H]3O)[C@H](O)[C@H]2NC(C)=O)O[C@H]1O. The van der Waals surface area contributed by atoms with Crippen LogP contribution in [0.25, 0.3) is 0 Å². The van der Waals surface area contributed by atoms with Crippen molar-refractivity contribution in [2.45, 2.75) is 273 Å². The molecular weight excluding hydrogens is 1380 g/mol. The lowest BCUT2D eigenvalue weighted by molar-refractivity contribution is -0.379. The molecule has 0 bridgehead atoms. The number of carbonyl (C=O) groups is 4. The van der Waals surface area contributed by atoms with Crippen molar-refractivity contribution < 1.29 is 203 Å². The molecule has 8 heterocycles. The van der Waals surface area contributed by atoms with Gasteiger partial charge in [0.25, 0.3) is 0 Å². The van der Waals surface area contributed by atoms with Crippen molar-refractivity contribution >= 4 is 23.6 Å². The summed E-state index contributed by atoms with van der Waals surface area (Å²) in [5, 5.41) is 250. The molecule has 45 nitrogen and oxygen atoms in total. The van der Waals surface area contributed by atoms with Gasteiger partial charge in [-0.2, -0.15) is 0 Å². The van der Waals surface area contributed by atoms with E-state index in [4.69, 9.17) is 71.1 Å². The maximum atomic E-state index is 12.8. The van der Waals surface area contributed by atoms with Gasteiger partial charge in [0.05, 0.1) is 52.9 Å². The molecule has 45 heteroatoms. The van der Waals surface area contributed by atoms with E-state index in [1.54, 1.807) is 0 Å². The normalized spacial score (nSPS) is 48.3. The maximum absolute atomic E-state index is 12.8. The largest absolute Gasteiger partial charge is 0.394 e. The number of aliphatic hydroxyl groups excluding tert-OH is 22. The van der Waals surface area contributed by atoms with Crippen LogP contribution < -0.4 is 21.3 Å². The van der Waals surface area contributed by atoms with Crippen LogP contribution in [0.4, 0.5) is 0 Å². The van der Waals surface area contributed by atoms with Gasteiger partial charge in [0.15, 0.2) is 50.3 Å². The van der Waals surface area contributed by atoms with Gasteiger partial charge in [0.1, 0.15) is 195 Å². The Morgan fingerprint density at radius 1 is 0.257 bits per heavy atom. The predicted octanol–water partition coefficient (Wildman–Crippen LogP) is -17.9. The van der Waals surface area contributed by atoms with Crippen LogP contribution in [-0.4, -0.2) is 434 Å². The van der Waals surface area contributed by atoms with Crippen LogP contribution >= 0.6 is 0 Å². The number of hydrogen-bond donors (Lipinski definition) is 26. The number of rotatable bonds is 26. The molecule has 0 radical (unpaired) electrons. The van der Waals surface area contributed by atoms with E-state index in [9.17, 15) is 132 Å². The molecule has 0 aromatic carbocycles. The Kier molecular flexibility index (Phi) is 29.9. The Labute approximate surface area is 572 Å². The first-order valence-electron chi connectivity index (χ1n) is 32.1. The molecular formula is C56H94N4O41. The van der Waals surface area contributed by atoms with E-state index in [-0.39, 0.29) is 0 Å². The van der Waals surface area contributed by atoms with Gasteiger partial charge in [-0.05, 0) is 0 Å². The molecule has 0 aromatic heterocycles. The van der Waals surface area contributed by atoms with Crippen LogP contribution in [0.3, 0.4) is 0 Å². The topological polar surface area (TPSA) is 700 Å². The third kappa shape index (κ3) is 18.5. The number of carbonyl (C=O) groups excluding carboxylic acids is 4. The highest BCUT2D eigenvalue weighted by Crippen LogP contribution is 2.38. The fourth-order valence-corrected chi connectivity index (χ4v) is 13.0. The third-order valence-electron chi connectivity index (χ3n) is 18.2. The average molecular weight is 1480 g/mol. The van der Waals surface area contributed by atoms with Gasteiger partial charge in [0.2, 0.25) is 23.6 Å². The van der Waals surface area contributed by atoms with Gasteiger partial charge in [-0.1, -0.05) is 0 Å². The summed E-state index contributed by atoms with van der Waals surface area (Å²) < 4.78 is 87.1. The Morgan fingerprint density at radius 3 is 0.911 bits per heavy atom. The molecule has 0 aliphatic carbocycles. The minimum atomic E-state index is -2.31. The van der Waals surface area contributed by atoms with Gasteiger partial charge in [-0.25, -0.2) is 0 Å². The predicted molar refractivity (Wildman–Crippen MR) is 311 cm³/mol. The number of ether oxygens (including phenoxy) is 15. The average Bonchev–Trinajstić information content (AvgIpc) is 0.771. The first-order chi connectivity index (χ1) is 47.8. The highest BCUT2D eigenvalue weighted by Gasteiger charge is 2.60. The lowest BCUT2D eigenvalue weighted by Gasteiger charge is -2.50. The summed E-state index contributed by atoms with van der Waals surface area (Å²) in [6.07, 6.45) is -70.5. The van der Waals surface area contributed by atoms with Crippen LogP contribution in [0, 0.1) is 0 Å². The summed E-state index contributed by atoms with van der Waals surface area (Å²) in [5.41, 5.74) is 0. The molecule has 0 spiro atoms. The van der Waals surface area contributed by atoms with Gasteiger partial charge in [0, 0.05) is 27.7 Å². The van der Waals surface area contributed by atoms with E-state index in [1.165, 1.54) is 0 Å². The van der Waals surface area contributed by atoms with Gasteiger partial charge in [-0.3, -0.25) is 19.2 Å². The summed E-state index contributed by atoms with van der Waals surface area (Å²) in [5.74, 6) is -3.49. The summed E-state index contributed by atoms with van der Waals surface area (Å²) in [6.45, 7) is -4.13. The molecule has 0 aromatic rings. The first kappa shape index (κ1) is 83.0. The van der Waals surface area contributed by atoms with Gasteiger partial charge >= 0.3 is 0 Å². The fraction of sp³-hybridized carbons (Fsp3) is 0.929. The van der Waals surface area contributed by atoms with Crippen molar-refractivity contribution in [1.29, 1.82) is 0 Å². The Morgan fingerprint density at radius 2 is 0.525 bits per heavy atom. The minimum Gasteiger partial charge on any atom is -0.394 e. The molecule has 0 saturated carbocycles. The molecule has 8 aliphatic heterocycles. The summed E-state index contributed by atoms with van der Waals surface area (Å²) >= 11 is 0. The number of aliphatic hydroxyl groups is 22. The zero-order valence-corrected chi connectivity index (χ0v) is 54.3. The second-order valence-corrected chi connectivity index (χ2v) is 25.4. The van der Waals surface area contributed by atoms with Crippen LogP contribution in [0.2, 0.25) is 0 Å². The number of nitrogens with one attached hydrogen (secondary N) is 4. The molecule has 0 unspecified atom stereocenters. The van der Waals surface area contributed by atoms with Crippen molar-refractivity contribution in [3.63, 3.8) is 0 Å². The monoisotopic (exact) mass is 1480 g/mol. The molecule has 8 rings (SSSR count). The quantitative estimate of drug-likeness (QED) is 0.0382. The maximum Gasteiger partial charge on any atom is 0.217 e. The van der Waals surface area contributed by atoms with Crippen LogP contribution in [0.1, 0.15) is 27.7 Å². The first-order valence-corrected chi connectivity index (χ1v) is 32.1. The molecule has 26 N–H and O–H groups in total. The Balaban J connectivity index is 0.979. The van der Waals surface area contributed by atoms with E-state index in [1.807, 2.05) is 0 Å². The van der Waals surface area contributed by atoms with Gasteiger partial charge < -0.3 is 205 Å². The lowest BCUT2D eigenvalue weighted by atomic mass is 9.94. The number of amides is 4. The van der Waals surface area contributed by atoms with Crippen LogP contribution in [0.5, 0.6) is 0 Å². The molecule has 8 saturated heterocycles. The molecule has 584 valence electrons. The summed E-state index contributed by atoms with van der Waals surface area (Å²) in [4.78, 5) is 50.8. The summed E-state index contributed by atoms with van der Waals surface area (Å²) in [6, 6.07) is -7.17. The van der Waals surface area contributed by atoms with E-state index in [0.29, 0.717) is 0 Å². The van der Waals surface area contributed by atoms with E-state index < -0.39 is 322 Å². The standard InChI is InChI=1S/C56H94N4O41/c1-13(68)57-25-35(78)43(97-55-41(84)47(32(75)20(8-64)92-55)100-51-26(58-14(2)69)36(79)44(23(11-67)95-51)96-53-39(82)37(80)29(72)17(5-61)90-53)22(10-66)94-50(25)87-12-24-34(77)45(27(49(86)88-24)59-15(3)70)98-56-42(85)48(33(76)21(9-65)93-56)101-52-28(60-16(4)71)46(31(74)19(7-63)89-52)99-54-40(83)38(81)30(73)18(6-62)91-54/h17-56,61-67,72-86H,5-12H2,1-4H3,(H,57,68)(H,58,69)(H,59,70)(H,60,71)/t17-,18-,19-,20-,21-,22-,23-,24-,25-,26-,27-,28-,29+,30+,31-,32+,33+,34+,35-,36-,37+,38+,39-,40-,41-,42-,43-,44-,45-,46-,47+,48+,49-,50-,51+,52+,53+,54+,55+,56+/m1/s1. The molecule has 4 amide bonds. The van der Waals surface area contributed by atoms with E-state index >= 15 is 0 Å². The third-order valence-corrected chi connectivity index (χ3v) is 18.2. The smallest absolute Gasteiger partial charge is 0.217 e. The zero-order chi connectivity index (χ0) is 74.5.